The molecular weight excluding hydrogens is 450 g/mol. The molecule has 194 valence electrons. The van der Waals surface area contributed by atoms with Gasteiger partial charge >= 0.3 is 12.1 Å². The number of aliphatic carboxylic acids is 1. The summed E-state index contributed by atoms with van der Waals surface area (Å²) in [5.74, 6) is -1.79. The van der Waals surface area contributed by atoms with Crippen molar-refractivity contribution in [2.45, 2.75) is 77.4 Å². The second-order valence-electron chi connectivity index (χ2n) is 9.99. The molecule has 9 nitrogen and oxygen atoms in total. The van der Waals surface area contributed by atoms with Crippen molar-refractivity contribution in [2.75, 3.05) is 19.6 Å². The van der Waals surface area contributed by atoms with Crippen molar-refractivity contribution >= 4 is 23.9 Å². The highest BCUT2D eigenvalue weighted by Crippen LogP contribution is 2.27. The minimum absolute atomic E-state index is 0.0951. The van der Waals surface area contributed by atoms with E-state index in [1.54, 1.807) is 4.90 Å². The molecule has 1 fully saturated rings. The maximum absolute atomic E-state index is 12.8. The number of alkyl carbamates (subject to hydrolysis) is 1. The first-order valence-electron chi connectivity index (χ1n) is 12.3. The molecule has 3 N–H and O–H groups in total. The fourth-order valence-electron chi connectivity index (χ4n) is 4.14. The molecule has 0 aromatic heterocycles. The van der Waals surface area contributed by atoms with E-state index >= 15 is 0 Å². The van der Waals surface area contributed by atoms with Gasteiger partial charge in [0.25, 0.3) is 0 Å². The SMILES string of the molecule is CC(C)(C)OC(=O)NCCCCCC(=O)NC[C@@H]1C[C@@H](CC(=O)O)C(=O)N1CCc1ccccc1. The average Bonchev–Trinajstić information content (AvgIpc) is 3.06. The first-order chi connectivity index (χ1) is 16.5. The zero-order valence-corrected chi connectivity index (χ0v) is 21.0. The summed E-state index contributed by atoms with van der Waals surface area (Å²) in [6.07, 6.45) is 3.04. The molecule has 9 heteroatoms. The van der Waals surface area contributed by atoms with Gasteiger partial charge in [-0.2, -0.15) is 0 Å². The second-order valence-corrected chi connectivity index (χ2v) is 9.99. The van der Waals surface area contributed by atoms with Crippen LogP contribution in [0.15, 0.2) is 30.3 Å². The molecule has 0 spiro atoms. The molecule has 0 saturated carbocycles. The van der Waals surface area contributed by atoms with Crippen LogP contribution in [-0.2, 0) is 25.5 Å². The topological polar surface area (TPSA) is 125 Å². The van der Waals surface area contributed by atoms with Crippen molar-refractivity contribution in [3.8, 4) is 0 Å². The molecule has 2 atom stereocenters. The van der Waals surface area contributed by atoms with Gasteiger partial charge in [-0.05, 0) is 52.0 Å². The smallest absolute Gasteiger partial charge is 0.407 e. The summed E-state index contributed by atoms with van der Waals surface area (Å²) < 4.78 is 5.18. The number of unbranched alkanes of at least 4 members (excludes halogenated alkanes) is 2. The lowest BCUT2D eigenvalue weighted by atomic mass is 10.0. The number of likely N-dealkylation sites (tertiary alicyclic amines) is 1. The van der Waals surface area contributed by atoms with Gasteiger partial charge in [0, 0.05) is 32.1 Å². The predicted molar refractivity (Wildman–Crippen MR) is 132 cm³/mol. The standard InChI is InChI=1S/C26H39N3O6/c1-26(2,3)35-25(34)27-14-9-5-8-12-22(30)28-18-21-16-20(17-23(31)32)24(33)29(21)15-13-19-10-6-4-7-11-19/h4,6-7,10-11,20-21H,5,8-9,12-18H2,1-3H3,(H,27,34)(H,28,30)(H,31,32)/t20-,21-/m0/s1. The lowest BCUT2D eigenvalue weighted by Crippen LogP contribution is -2.42. The van der Waals surface area contributed by atoms with Gasteiger partial charge in [0.05, 0.1) is 12.3 Å². The van der Waals surface area contributed by atoms with Gasteiger partial charge in [0.1, 0.15) is 5.60 Å². The van der Waals surface area contributed by atoms with Crippen molar-refractivity contribution in [1.29, 1.82) is 0 Å². The number of rotatable bonds is 13. The Morgan fingerprint density at radius 1 is 1.09 bits per heavy atom. The minimum atomic E-state index is -0.989. The Hall–Kier alpha value is -3.10. The number of nitrogens with one attached hydrogen (secondary N) is 2. The lowest BCUT2D eigenvalue weighted by molar-refractivity contribution is -0.142. The molecule has 1 heterocycles. The Morgan fingerprint density at radius 3 is 2.46 bits per heavy atom. The van der Waals surface area contributed by atoms with Gasteiger partial charge in [-0.1, -0.05) is 36.8 Å². The Morgan fingerprint density at radius 2 is 1.80 bits per heavy atom. The van der Waals surface area contributed by atoms with Gasteiger partial charge in [-0.15, -0.1) is 0 Å². The van der Waals surface area contributed by atoms with Crippen LogP contribution >= 0.6 is 0 Å². The van der Waals surface area contributed by atoms with Crippen LogP contribution in [0, 0.1) is 5.92 Å². The van der Waals surface area contributed by atoms with E-state index < -0.39 is 23.6 Å². The minimum Gasteiger partial charge on any atom is -0.481 e. The Labute approximate surface area is 207 Å². The summed E-state index contributed by atoms with van der Waals surface area (Å²) in [6.45, 7) is 6.71. The molecule has 1 saturated heterocycles. The van der Waals surface area contributed by atoms with E-state index in [-0.39, 0.29) is 24.3 Å². The average molecular weight is 490 g/mol. The number of nitrogens with zero attached hydrogens (tertiary/aromatic N) is 1. The highest BCUT2D eigenvalue weighted by molar-refractivity contribution is 5.85. The van der Waals surface area contributed by atoms with Crippen LogP contribution in [0.3, 0.4) is 0 Å². The fourth-order valence-corrected chi connectivity index (χ4v) is 4.14. The highest BCUT2D eigenvalue weighted by Gasteiger charge is 2.40. The van der Waals surface area contributed by atoms with E-state index in [0.29, 0.717) is 45.3 Å². The van der Waals surface area contributed by atoms with Crippen molar-refractivity contribution in [3.05, 3.63) is 35.9 Å². The molecule has 1 aliphatic heterocycles. The summed E-state index contributed by atoms with van der Waals surface area (Å²) in [7, 11) is 0. The normalized spacial score (nSPS) is 17.8. The summed E-state index contributed by atoms with van der Waals surface area (Å²) in [5.41, 5.74) is 0.572. The van der Waals surface area contributed by atoms with Crippen molar-refractivity contribution in [2.24, 2.45) is 5.92 Å². The molecule has 0 aliphatic carbocycles. The zero-order valence-electron chi connectivity index (χ0n) is 21.0. The van der Waals surface area contributed by atoms with Crippen molar-refractivity contribution < 1.29 is 29.0 Å². The van der Waals surface area contributed by atoms with Crippen molar-refractivity contribution in [1.82, 2.24) is 15.5 Å². The fraction of sp³-hybridized carbons (Fsp3) is 0.615. The zero-order chi connectivity index (χ0) is 25.8. The molecule has 3 amide bonds. The predicted octanol–water partition coefficient (Wildman–Crippen LogP) is 3.12. The van der Waals surface area contributed by atoms with Crippen LogP contribution < -0.4 is 10.6 Å². The molecule has 0 radical (unpaired) electrons. The highest BCUT2D eigenvalue weighted by atomic mass is 16.6. The number of benzene rings is 1. The Bertz CT molecular complexity index is 852. The van der Waals surface area contributed by atoms with E-state index in [4.69, 9.17) is 9.84 Å². The maximum atomic E-state index is 12.8. The molecule has 35 heavy (non-hydrogen) atoms. The molecular formula is C26H39N3O6. The van der Waals surface area contributed by atoms with Crippen LogP contribution in [0.4, 0.5) is 4.79 Å². The van der Waals surface area contributed by atoms with Crippen LogP contribution in [-0.4, -0.2) is 65.2 Å². The van der Waals surface area contributed by atoms with Gasteiger partial charge in [0.2, 0.25) is 11.8 Å². The summed E-state index contributed by atoms with van der Waals surface area (Å²) >= 11 is 0. The molecule has 0 bridgehead atoms. The second kappa shape index (κ2) is 13.7. The van der Waals surface area contributed by atoms with Gasteiger partial charge < -0.3 is 25.4 Å². The summed E-state index contributed by atoms with van der Waals surface area (Å²) in [5, 5.41) is 14.8. The van der Waals surface area contributed by atoms with Gasteiger partial charge in [-0.25, -0.2) is 4.79 Å². The van der Waals surface area contributed by atoms with Gasteiger partial charge in [0.15, 0.2) is 0 Å². The monoisotopic (exact) mass is 489 g/mol. The third kappa shape index (κ3) is 10.8. The largest absolute Gasteiger partial charge is 0.481 e. The number of hydrogen-bond acceptors (Lipinski definition) is 5. The van der Waals surface area contributed by atoms with Crippen LogP contribution in [0.2, 0.25) is 0 Å². The lowest BCUT2D eigenvalue weighted by Gasteiger charge is -2.25. The van der Waals surface area contributed by atoms with Gasteiger partial charge in [-0.3, -0.25) is 14.4 Å². The van der Waals surface area contributed by atoms with E-state index in [1.807, 2.05) is 51.1 Å². The number of carbonyl (C=O) groups is 4. The van der Waals surface area contributed by atoms with Crippen LogP contribution in [0.5, 0.6) is 0 Å². The van der Waals surface area contributed by atoms with Crippen LogP contribution in [0.1, 0.15) is 64.9 Å². The van der Waals surface area contributed by atoms with E-state index in [0.717, 1.165) is 18.4 Å². The number of amides is 3. The third-order valence-electron chi connectivity index (χ3n) is 5.82. The van der Waals surface area contributed by atoms with Crippen LogP contribution in [0.25, 0.3) is 0 Å². The van der Waals surface area contributed by atoms with E-state index in [9.17, 15) is 19.2 Å². The molecule has 1 aliphatic rings. The first kappa shape index (κ1) is 28.1. The molecule has 1 aromatic carbocycles. The van der Waals surface area contributed by atoms with E-state index in [1.165, 1.54) is 0 Å². The number of hydrogen-bond donors (Lipinski definition) is 3. The number of ether oxygens (including phenoxy) is 1. The first-order valence-corrected chi connectivity index (χ1v) is 12.3. The molecule has 0 unspecified atom stereocenters. The number of carbonyl (C=O) groups excluding carboxylic acids is 3. The third-order valence-corrected chi connectivity index (χ3v) is 5.82. The van der Waals surface area contributed by atoms with Crippen molar-refractivity contribution in [3.63, 3.8) is 0 Å². The quantitative estimate of drug-likeness (QED) is 0.366. The maximum Gasteiger partial charge on any atom is 0.407 e. The Balaban J connectivity index is 1.72. The molecule has 2 rings (SSSR count). The molecule has 1 aromatic rings. The number of carboxylic acid groups (broad SMARTS) is 1. The van der Waals surface area contributed by atoms with E-state index in [2.05, 4.69) is 10.6 Å². The summed E-state index contributed by atoms with van der Waals surface area (Å²) in [6, 6.07) is 9.60. The Kier molecular flexibility index (Phi) is 11.0. The summed E-state index contributed by atoms with van der Waals surface area (Å²) in [4.78, 5) is 49.7. The number of carboxylic acids is 1.